The Labute approximate surface area is 159 Å². The number of nitrogens with zero attached hydrogens (tertiary/aromatic N) is 2. The molecule has 144 valence electrons. The summed E-state index contributed by atoms with van der Waals surface area (Å²) in [5, 5.41) is 9.56. The normalized spacial score (nSPS) is 12.2. The molecule has 1 aromatic carbocycles. The zero-order chi connectivity index (χ0) is 18.3. The molecule has 3 N–H and O–H groups in total. The predicted octanol–water partition coefficient (Wildman–Crippen LogP) is 0.338. The molecule has 0 aliphatic carbocycles. The van der Waals surface area contributed by atoms with E-state index in [4.69, 9.17) is 0 Å². The van der Waals surface area contributed by atoms with Crippen molar-refractivity contribution in [2.75, 3.05) is 19.3 Å². The highest BCUT2D eigenvalue weighted by atomic mass is 35.5. The van der Waals surface area contributed by atoms with Gasteiger partial charge in [-0.15, -0.1) is 12.4 Å². The van der Waals surface area contributed by atoms with Crippen molar-refractivity contribution >= 4 is 28.3 Å². The summed E-state index contributed by atoms with van der Waals surface area (Å²) >= 11 is 0. The second-order valence-corrected chi connectivity index (χ2v) is 7.51. The van der Waals surface area contributed by atoms with Crippen molar-refractivity contribution < 1.29 is 13.2 Å². The van der Waals surface area contributed by atoms with Crippen molar-refractivity contribution in [3.63, 3.8) is 0 Å². The fourth-order valence-electron chi connectivity index (χ4n) is 2.31. The first-order valence-electron chi connectivity index (χ1n) is 7.86. The van der Waals surface area contributed by atoms with E-state index >= 15 is 0 Å². The van der Waals surface area contributed by atoms with E-state index in [1.165, 1.54) is 0 Å². The molecule has 26 heavy (non-hydrogen) atoms. The number of sulfonamides is 1. The van der Waals surface area contributed by atoms with Crippen LogP contribution in [0.25, 0.3) is 0 Å². The van der Waals surface area contributed by atoms with Gasteiger partial charge in [0.05, 0.1) is 11.9 Å². The number of carbonyl (C=O) groups is 1. The van der Waals surface area contributed by atoms with Gasteiger partial charge in [0.25, 0.3) is 0 Å². The lowest BCUT2D eigenvalue weighted by Gasteiger charge is -2.14. The third kappa shape index (κ3) is 6.75. The Kier molecular flexibility index (Phi) is 8.73. The lowest BCUT2D eigenvalue weighted by Crippen LogP contribution is -2.39. The van der Waals surface area contributed by atoms with Crippen LogP contribution in [0.4, 0.5) is 0 Å². The van der Waals surface area contributed by atoms with E-state index in [2.05, 4.69) is 20.5 Å². The molecule has 2 rings (SSSR count). The van der Waals surface area contributed by atoms with Crippen LogP contribution in [0.5, 0.6) is 0 Å². The number of benzene rings is 1. The molecule has 0 saturated heterocycles. The number of rotatable bonds is 9. The first-order valence-corrected chi connectivity index (χ1v) is 9.51. The van der Waals surface area contributed by atoms with E-state index in [0.29, 0.717) is 5.56 Å². The van der Waals surface area contributed by atoms with Gasteiger partial charge in [-0.05, 0) is 12.6 Å². The van der Waals surface area contributed by atoms with Crippen molar-refractivity contribution in [3.05, 3.63) is 53.9 Å². The van der Waals surface area contributed by atoms with E-state index < -0.39 is 16.1 Å². The van der Waals surface area contributed by atoms with Crippen LogP contribution in [-0.4, -0.2) is 43.5 Å². The molecule has 0 saturated carbocycles. The van der Waals surface area contributed by atoms with Gasteiger partial charge in [-0.1, -0.05) is 30.3 Å². The number of carbonyl (C=O) groups excluding carboxylic acids is 1. The molecule has 1 aromatic heterocycles. The SMILES string of the molecule is CNC(C(=O)NCCS(=O)(=O)NCc1ccccc1)c1cnn(C)c1.Cl. The summed E-state index contributed by atoms with van der Waals surface area (Å²) in [5.74, 6) is -0.483. The number of halogens is 1. The highest BCUT2D eigenvalue weighted by Crippen LogP contribution is 2.10. The maximum Gasteiger partial charge on any atom is 0.241 e. The van der Waals surface area contributed by atoms with Gasteiger partial charge in [-0.25, -0.2) is 13.1 Å². The van der Waals surface area contributed by atoms with Crippen LogP contribution in [0.3, 0.4) is 0 Å². The highest BCUT2D eigenvalue weighted by Gasteiger charge is 2.20. The zero-order valence-corrected chi connectivity index (χ0v) is 16.3. The largest absolute Gasteiger partial charge is 0.353 e. The second-order valence-electron chi connectivity index (χ2n) is 5.59. The van der Waals surface area contributed by atoms with E-state index in [1.54, 1.807) is 31.2 Å². The van der Waals surface area contributed by atoms with Crippen molar-refractivity contribution in [3.8, 4) is 0 Å². The van der Waals surface area contributed by atoms with Gasteiger partial charge in [0.15, 0.2) is 0 Å². The molecule has 0 radical (unpaired) electrons. The molecular weight excluding hydrogens is 378 g/mol. The third-order valence-corrected chi connectivity index (χ3v) is 4.94. The highest BCUT2D eigenvalue weighted by molar-refractivity contribution is 7.89. The van der Waals surface area contributed by atoms with Crippen LogP contribution in [0, 0.1) is 0 Å². The number of hydrogen-bond donors (Lipinski definition) is 3. The number of amides is 1. The minimum absolute atomic E-state index is 0. The molecule has 1 heterocycles. The number of nitrogens with one attached hydrogen (secondary N) is 3. The van der Waals surface area contributed by atoms with Crippen molar-refractivity contribution in [1.82, 2.24) is 25.1 Å². The van der Waals surface area contributed by atoms with Crippen molar-refractivity contribution in [2.24, 2.45) is 7.05 Å². The van der Waals surface area contributed by atoms with Crippen LogP contribution < -0.4 is 15.4 Å². The summed E-state index contributed by atoms with van der Waals surface area (Å²) in [6.07, 6.45) is 3.33. The minimum atomic E-state index is -3.47. The maximum atomic E-state index is 12.2. The number of aromatic nitrogens is 2. The van der Waals surface area contributed by atoms with E-state index in [-0.39, 0.29) is 37.2 Å². The Morgan fingerprint density at radius 2 is 1.96 bits per heavy atom. The average Bonchev–Trinajstić information content (AvgIpc) is 3.01. The standard InChI is InChI=1S/C16H23N5O3S.ClH/c1-17-15(14-11-19-21(2)12-14)16(22)18-8-9-25(23,24)20-10-13-6-4-3-5-7-13;/h3-7,11-12,15,17,20H,8-10H2,1-2H3,(H,18,22);1H. The summed E-state index contributed by atoms with van der Waals surface area (Å²) in [6, 6.07) is 8.67. The Hall–Kier alpha value is -1.94. The predicted molar refractivity (Wildman–Crippen MR) is 102 cm³/mol. The minimum Gasteiger partial charge on any atom is -0.353 e. The molecule has 0 spiro atoms. The Balaban J connectivity index is 0.00000338. The van der Waals surface area contributed by atoms with Gasteiger partial charge in [-0.2, -0.15) is 5.10 Å². The van der Waals surface area contributed by atoms with Gasteiger partial charge >= 0.3 is 0 Å². The monoisotopic (exact) mass is 401 g/mol. The lowest BCUT2D eigenvalue weighted by molar-refractivity contribution is -0.123. The van der Waals surface area contributed by atoms with Gasteiger partial charge in [0, 0.05) is 31.9 Å². The molecule has 1 amide bonds. The number of hydrogen-bond acceptors (Lipinski definition) is 5. The zero-order valence-electron chi connectivity index (χ0n) is 14.7. The third-order valence-electron chi connectivity index (χ3n) is 3.62. The second kappa shape index (κ2) is 10.3. The molecule has 0 fully saturated rings. The van der Waals surface area contributed by atoms with Crippen LogP contribution >= 0.6 is 12.4 Å². The summed E-state index contributed by atoms with van der Waals surface area (Å²) < 4.78 is 28.1. The Morgan fingerprint density at radius 1 is 1.27 bits per heavy atom. The fourth-order valence-corrected chi connectivity index (χ4v) is 3.21. The first-order chi connectivity index (χ1) is 11.9. The molecule has 8 nitrogen and oxygen atoms in total. The van der Waals surface area contributed by atoms with Gasteiger partial charge in [0.1, 0.15) is 6.04 Å². The van der Waals surface area contributed by atoms with Crippen LogP contribution in [-0.2, 0) is 28.4 Å². The number of likely N-dealkylation sites (N-methyl/N-ethyl adjacent to an activating group) is 1. The topological polar surface area (TPSA) is 105 Å². The summed E-state index contributed by atoms with van der Waals surface area (Å²) in [6.45, 7) is 0.257. The van der Waals surface area contributed by atoms with E-state index in [1.807, 2.05) is 30.3 Å². The molecule has 0 aliphatic heterocycles. The van der Waals surface area contributed by atoms with Gasteiger partial charge < -0.3 is 10.6 Å². The Bertz CT molecular complexity index is 795. The molecule has 2 aromatic rings. The molecule has 0 aliphatic rings. The quantitative estimate of drug-likeness (QED) is 0.562. The average molecular weight is 402 g/mol. The number of aryl methyl sites for hydroxylation is 1. The first kappa shape index (κ1) is 22.1. The summed E-state index contributed by atoms with van der Waals surface area (Å²) in [5.41, 5.74) is 1.59. The lowest BCUT2D eigenvalue weighted by atomic mass is 10.1. The van der Waals surface area contributed by atoms with E-state index in [0.717, 1.165) is 5.56 Å². The summed E-state index contributed by atoms with van der Waals surface area (Å²) in [4.78, 5) is 12.2. The molecule has 10 heteroatoms. The summed E-state index contributed by atoms with van der Waals surface area (Å²) in [7, 11) is -0.0449. The molecule has 0 bridgehead atoms. The molecule has 1 unspecified atom stereocenters. The molecular formula is C16H24ClN5O3S. The van der Waals surface area contributed by atoms with Gasteiger partial charge in [0.2, 0.25) is 15.9 Å². The van der Waals surface area contributed by atoms with Gasteiger partial charge in [-0.3, -0.25) is 9.48 Å². The Morgan fingerprint density at radius 3 is 2.54 bits per heavy atom. The van der Waals surface area contributed by atoms with Crippen LogP contribution in [0.15, 0.2) is 42.7 Å². The fraction of sp³-hybridized carbons (Fsp3) is 0.375. The van der Waals surface area contributed by atoms with Crippen molar-refractivity contribution in [1.29, 1.82) is 0 Å². The van der Waals surface area contributed by atoms with E-state index in [9.17, 15) is 13.2 Å². The van der Waals surface area contributed by atoms with Crippen LogP contribution in [0.1, 0.15) is 17.2 Å². The smallest absolute Gasteiger partial charge is 0.241 e. The van der Waals surface area contributed by atoms with Crippen LogP contribution in [0.2, 0.25) is 0 Å². The van der Waals surface area contributed by atoms with Crippen molar-refractivity contribution in [2.45, 2.75) is 12.6 Å². The molecule has 1 atom stereocenters. The maximum absolute atomic E-state index is 12.2.